The number of aromatic nitrogens is 2. The van der Waals surface area contributed by atoms with Gasteiger partial charge in [-0.15, -0.1) is 0 Å². The monoisotopic (exact) mass is 290 g/mol. The highest BCUT2D eigenvalue weighted by atomic mass is 16.3. The van der Waals surface area contributed by atoms with Crippen LogP contribution in [0.3, 0.4) is 0 Å². The maximum atomic E-state index is 9.16. The third-order valence-corrected chi connectivity index (χ3v) is 4.41. The van der Waals surface area contributed by atoms with Crippen molar-refractivity contribution >= 4 is 11.6 Å². The van der Waals surface area contributed by atoms with Crippen LogP contribution in [0.25, 0.3) is 0 Å². The summed E-state index contributed by atoms with van der Waals surface area (Å²) in [5.74, 6) is 4.18. The van der Waals surface area contributed by atoms with E-state index in [1.54, 1.807) is 0 Å². The van der Waals surface area contributed by atoms with Gasteiger partial charge in [-0.25, -0.2) is 9.97 Å². The molecule has 1 aliphatic carbocycles. The number of rotatable bonds is 6. The predicted molar refractivity (Wildman–Crippen MR) is 84.8 cm³/mol. The summed E-state index contributed by atoms with van der Waals surface area (Å²) in [5.41, 5.74) is 0. The van der Waals surface area contributed by atoms with E-state index in [0.29, 0.717) is 11.8 Å². The lowest BCUT2D eigenvalue weighted by atomic mass is 9.95. The molecular formula is C16H26N4O. The molecule has 2 aliphatic rings. The average Bonchev–Trinajstić information content (AvgIpc) is 3.33. The molecule has 2 fully saturated rings. The maximum Gasteiger partial charge on any atom is 0.136 e. The van der Waals surface area contributed by atoms with E-state index < -0.39 is 0 Å². The molecule has 1 saturated heterocycles. The molecule has 5 nitrogen and oxygen atoms in total. The van der Waals surface area contributed by atoms with Gasteiger partial charge < -0.3 is 15.3 Å². The fourth-order valence-electron chi connectivity index (χ4n) is 3.10. The van der Waals surface area contributed by atoms with Crippen molar-refractivity contribution in [1.82, 2.24) is 9.97 Å². The second-order valence-corrected chi connectivity index (χ2v) is 6.24. The van der Waals surface area contributed by atoms with Gasteiger partial charge in [0.2, 0.25) is 0 Å². The van der Waals surface area contributed by atoms with Gasteiger partial charge in [-0.1, -0.05) is 0 Å². The number of anilines is 2. The Bertz CT molecular complexity index is 473. The molecular weight excluding hydrogens is 264 g/mol. The molecule has 1 unspecified atom stereocenters. The van der Waals surface area contributed by atoms with Crippen LogP contribution in [0.5, 0.6) is 0 Å². The van der Waals surface area contributed by atoms with E-state index in [-0.39, 0.29) is 6.61 Å². The minimum atomic E-state index is 0.290. The minimum Gasteiger partial charge on any atom is -0.396 e. The van der Waals surface area contributed by atoms with Crippen LogP contribution in [0.15, 0.2) is 6.07 Å². The summed E-state index contributed by atoms with van der Waals surface area (Å²) in [7, 11) is 0. The van der Waals surface area contributed by atoms with Crippen molar-refractivity contribution in [3.05, 3.63) is 11.9 Å². The summed E-state index contributed by atoms with van der Waals surface area (Å²) in [6.45, 7) is 5.34. The van der Waals surface area contributed by atoms with Gasteiger partial charge in [-0.2, -0.15) is 0 Å². The van der Waals surface area contributed by atoms with Crippen molar-refractivity contribution in [3.63, 3.8) is 0 Å². The lowest BCUT2D eigenvalue weighted by molar-refractivity contribution is 0.244. The first-order chi connectivity index (χ1) is 10.3. The number of piperidine rings is 1. The van der Waals surface area contributed by atoms with Crippen LogP contribution in [0.4, 0.5) is 11.6 Å². The van der Waals surface area contributed by atoms with Crippen LogP contribution < -0.4 is 10.2 Å². The summed E-state index contributed by atoms with van der Waals surface area (Å²) in [6.07, 6.45) is 5.75. The number of aliphatic hydroxyl groups is 1. The molecule has 0 bridgehead atoms. The van der Waals surface area contributed by atoms with Crippen molar-refractivity contribution < 1.29 is 5.11 Å². The summed E-state index contributed by atoms with van der Waals surface area (Å²) in [5, 5.41) is 12.5. The van der Waals surface area contributed by atoms with Gasteiger partial charge in [0.25, 0.3) is 0 Å². The zero-order valence-electron chi connectivity index (χ0n) is 12.9. The Morgan fingerprint density at radius 3 is 2.90 bits per heavy atom. The highest BCUT2D eigenvalue weighted by molar-refractivity contribution is 5.50. The molecule has 1 aromatic heterocycles. The number of nitrogens with one attached hydrogen (secondary N) is 1. The van der Waals surface area contributed by atoms with Crippen LogP contribution in [-0.2, 0) is 0 Å². The molecule has 1 aliphatic heterocycles. The van der Waals surface area contributed by atoms with E-state index in [0.717, 1.165) is 43.5 Å². The van der Waals surface area contributed by atoms with Gasteiger partial charge >= 0.3 is 0 Å². The van der Waals surface area contributed by atoms with Crippen molar-refractivity contribution in [2.24, 2.45) is 5.92 Å². The number of aliphatic hydroxyl groups excluding tert-OH is 1. The van der Waals surface area contributed by atoms with Gasteiger partial charge in [0, 0.05) is 38.2 Å². The largest absolute Gasteiger partial charge is 0.396 e. The van der Waals surface area contributed by atoms with E-state index in [4.69, 9.17) is 10.1 Å². The quantitative estimate of drug-likeness (QED) is 0.842. The molecule has 1 aromatic rings. The number of nitrogens with zero attached hydrogens (tertiary/aromatic N) is 3. The van der Waals surface area contributed by atoms with E-state index in [2.05, 4.69) is 28.2 Å². The van der Waals surface area contributed by atoms with Crippen molar-refractivity contribution in [2.75, 3.05) is 36.5 Å². The first-order valence-electron chi connectivity index (χ1n) is 8.28. The van der Waals surface area contributed by atoms with Gasteiger partial charge in [0.05, 0.1) is 0 Å². The van der Waals surface area contributed by atoms with Crippen LogP contribution in [-0.4, -0.2) is 41.3 Å². The van der Waals surface area contributed by atoms with Crippen LogP contribution in [0, 0.1) is 5.92 Å². The number of hydrogen-bond acceptors (Lipinski definition) is 5. The van der Waals surface area contributed by atoms with Crippen molar-refractivity contribution in [2.45, 2.75) is 44.9 Å². The molecule has 21 heavy (non-hydrogen) atoms. The SMILES string of the molecule is CCNc1cc(N2CCCC(CCO)C2)nc(C2CC2)n1. The Morgan fingerprint density at radius 1 is 1.33 bits per heavy atom. The minimum absolute atomic E-state index is 0.290. The highest BCUT2D eigenvalue weighted by Gasteiger charge is 2.29. The van der Waals surface area contributed by atoms with Gasteiger partial charge in [0.15, 0.2) is 0 Å². The van der Waals surface area contributed by atoms with E-state index >= 15 is 0 Å². The van der Waals surface area contributed by atoms with E-state index in [9.17, 15) is 0 Å². The van der Waals surface area contributed by atoms with Crippen LogP contribution in [0.1, 0.15) is 50.8 Å². The second-order valence-electron chi connectivity index (χ2n) is 6.24. The molecule has 1 atom stereocenters. The predicted octanol–water partition coefficient (Wildman–Crippen LogP) is 2.38. The molecule has 0 spiro atoms. The fourth-order valence-corrected chi connectivity index (χ4v) is 3.10. The first kappa shape index (κ1) is 14.6. The van der Waals surface area contributed by atoms with E-state index in [1.165, 1.54) is 25.7 Å². The third-order valence-electron chi connectivity index (χ3n) is 4.41. The molecule has 0 aromatic carbocycles. The van der Waals surface area contributed by atoms with Crippen LogP contribution >= 0.6 is 0 Å². The van der Waals surface area contributed by atoms with Gasteiger partial charge in [-0.3, -0.25) is 0 Å². The van der Waals surface area contributed by atoms with Crippen molar-refractivity contribution in [3.8, 4) is 0 Å². The zero-order valence-corrected chi connectivity index (χ0v) is 12.9. The molecule has 2 heterocycles. The Morgan fingerprint density at radius 2 is 2.19 bits per heavy atom. The van der Waals surface area contributed by atoms with Crippen LogP contribution in [0.2, 0.25) is 0 Å². The maximum absolute atomic E-state index is 9.16. The third kappa shape index (κ3) is 3.64. The fraction of sp³-hybridized carbons (Fsp3) is 0.750. The molecule has 1 saturated carbocycles. The summed E-state index contributed by atoms with van der Waals surface area (Å²) in [4.78, 5) is 11.8. The average molecular weight is 290 g/mol. The summed E-state index contributed by atoms with van der Waals surface area (Å²) in [6, 6.07) is 2.08. The Kier molecular flexibility index (Phi) is 4.58. The Labute approximate surface area is 126 Å². The Balaban J connectivity index is 1.79. The summed E-state index contributed by atoms with van der Waals surface area (Å²) >= 11 is 0. The van der Waals surface area contributed by atoms with Gasteiger partial charge in [-0.05, 0) is 44.9 Å². The molecule has 0 amide bonds. The Hall–Kier alpha value is -1.36. The summed E-state index contributed by atoms with van der Waals surface area (Å²) < 4.78 is 0. The topological polar surface area (TPSA) is 61.3 Å². The van der Waals surface area contributed by atoms with E-state index in [1.807, 2.05) is 0 Å². The molecule has 5 heteroatoms. The molecule has 2 N–H and O–H groups in total. The number of hydrogen-bond donors (Lipinski definition) is 2. The lowest BCUT2D eigenvalue weighted by Crippen LogP contribution is -2.36. The molecule has 116 valence electrons. The molecule has 0 radical (unpaired) electrons. The first-order valence-corrected chi connectivity index (χ1v) is 8.28. The normalized spacial score (nSPS) is 22.4. The molecule has 3 rings (SSSR count). The zero-order chi connectivity index (χ0) is 14.7. The smallest absolute Gasteiger partial charge is 0.136 e. The lowest BCUT2D eigenvalue weighted by Gasteiger charge is -2.33. The highest BCUT2D eigenvalue weighted by Crippen LogP contribution is 2.39. The van der Waals surface area contributed by atoms with Gasteiger partial charge in [0.1, 0.15) is 17.5 Å². The van der Waals surface area contributed by atoms with Crippen molar-refractivity contribution in [1.29, 1.82) is 0 Å². The standard InChI is InChI=1S/C16H26N4O/c1-2-17-14-10-15(19-16(18-14)13-5-6-13)20-8-3-4-12(11-20)7-9-21/h10,12-13,21H,2-9,11H2,1H3,(H,17,18,19). The second kappa shape index (κ2) is 6.60.